The Morgan fingerprint density at radius 3 is 2.80 bits per heavy atom. The minimum atomic E-state index is -0.442. The molecule has 1 unspecified atom stereocenters. The van der Waals surface area contributed by atoms with E-state index in [4.69, 9.17) is 5.84 Å². The van der Waals surface area contributed by atoms with Crippen LogP contribution in [0, 0.1) is 0 Å². The van der Waals surface area contributed by atoms with E-state index in [0.717, 1.165) is 4.90 Å². The number of nitrogens with one attached hydrogen (secondary N) is 2. The van der Waals surface area contributed by atoms with Gasteiger partial charge in [0, 0.05) is 20.5 Å². The van der Waals surface area contributed by atoms with E-state index in [1.807, 2.05) is 0 Å². The van der Waals surface area contributed by atoms with Crippen LogP contribution in [0.1, 0.15) is 12.8 Å². The Morgan fingerprint density at radius 1 is 1.60 bits per heavy atom. The standard InChI is InChI=1S/C8H15N5O2/c1-10-8(12-9)11-5-3-4-6(14)13(2)7(5)15/h5H,3-4,9H2,1-2H3,(H2,10,11,12). The summed E-state index contributed by atoms with van der Waals surface area (Å²) in [6.07, 6.45) is 0.810. The smallest absolute Gasteiger partial charge is 0.251 e. The molecule has 0 radical (unpaired) electrons. The highest BCUT2D eigenvalue weighted by molar-refractivity contribution is 6.01. The minimum Gasteiger partial charge on any atom is -0.344 e. The molecule has 1 fully saturated rings. The van der Waals surface area contributed by atoms with Crippen LogP contribution in [-0.4, -0.2) is 42.8 Å². The quantitative estimate of drug-likeness (QED) is 0.156. The molecule has 0 aromatic heterocycles. The Bertz CT molecular complexity index is 301. The molecule has 1 aliphatic rings. The molecule has 84 valence electrons. The number of hydrazine groups is 1. The zero-order valence-electron chi connectivity index (χ0n) is 8.78. The van der Waals surface area contributed by atoms with Crippen molar-refractivity contribution in [2.24, 2.45) is 10.8 Å². The summed E-state index contributed by atoms with van der Waals surface area (Å²) in [6.45, 7) is 0. The molecular weight excluding hydrogens is 198 g/mol. The molecule has 1 atom stereocenters. The molecule has 0 aromatic rings. The maximum absolute atomic E-state index is 11.6. The van der Waals surface area contributed by atoms with Gasteiger partial charge in [-0.1, -0.05) is 0 Å². The first-order chi connectivity index (χ1) is 7.10. The van der Waals surface area contributed by atoms with Gasteiger partial charge < -0.3 is 5.32 Å². The summed E-state index contributed by atoms with van der Waals surface area (Å²) in [5.41, 5.74) is 2.33. The van der Waals surface area contributed by atoms with Crippen molar-refractivity contribution in [3.8, 4) is 0 Å². The van der Waals surface area contributed by atoms with Gasteiger partial charge in [0.05, 0.1) is 0 Å². The van der Waals surface area contributed by atoms with Gasteiger partial charge in [-0.05, 0) is 6.42 Å². The summed E-state index contributed by atoms with van der Waals surface area (Å²) in [7, 11) is 3.02. The maximum atomic E-state index is 11.6. The van der Waals surface area contributed by atoms with E-state index >= 15 is 0 Å². The lowest BCUT2D eigenvalue weighted by Crippen LogP contribution is -2.56. The Hall–Kier alpha value is -1.63. The number of piperidine rings is 1. The molecule has 2 amide bonds. The summed E-state index contributed by atoms with van der Waals surface area (Å²) in [4.78, 5) is 27.7. The van der Waals surface area contributed by atoms with Crippen LogP contribution in [0.25, 0.3) is 0 Å². The number of nitrogens with two attached hydrogens (primary N) is 1. The molecule has 15 heavy (non-hydrogen) atoms. The fourth-order valence-electron chi connectivity index (χ4n) is 1.39. The fraction of sp³-hybridized carbons (Fsp3) is 0.625. The van der Waals surface area contributed by atoms with Crippen molar-refractivity contribution in [2.45, 2.75) is 18.9 Å². The van der Waals surface area contributed by atoms with Crippen molar-refractivity contribution in [1.82, 2.24) is 15.6 Å². The highest BCUT2D eigenvalue weighted by Crippen LogP contribution is 2.10. The van der Waals surface area contributed by atoms with Gasteiger partial charge in [-0.15, -0.1) is 0 Å². The second-order valence-corrected chi connectivity index (χ2v) is 3.24. The SMILES string of the molecule is CN=C(NN)NC1CCC(=O)N(C)C1=O. The normalized spacial score (nSPS) is 23.0. The Kier molecular flexibility index (Phi) is 3.62. The third-order valence-electron chi connectivity index (χ3n) is 2.32. The summed E-state index contributed by atoms with van der Waals surface area (Å²) in [5, 5.41) is 2.83. The minimum absolute atomic E-state index is 0.159. The number of rotatable bonds is 1. The van der Waals surface area contributed by atoms with Crippen molar-refractivity contribution >= 4 is 17.8 Å². The predicted octanol–water partition coefficient (Wildman–Crippen LogP) is -1.83. The number of imide groups is 1. The van der Waals surface area contributed by atoms with Crippen LogP contribution in [0.5, 0.6) is 0 Å². The van der Waals surface area contributed by atoms with E-state index in [2.05, 4.69) is 15.7 Å². The Balaban J connectivity index is 2.64. The van der Waals surface area contributed by atoms with Crippen LogP contribution in [-0.2, 0) is 9.59 Å². The number of likely N-dealkylation sites (tertiary alicyclic amines) is 1. The summed E-state index contributed by atoms with van der Waals surface area (Å²) in [6, 6.07) is -0.442. The molecule has 0 aromatic carbocycles. The van der Waals surface area contributed by atoms with Gasteiger partial charge in [0.25, 0.3) is 5.91 Å². The molecule has 1 aliphatic heterocycles. The van der Waals surface area contributed by atoms with Crippen LogP contribution < -0.4 is 16.6 Å². The lowest BCUT2D eigenvalue weighted by molar-refractivity contribution is -0.147. The van der Waals surface area contributed by atoms with Crippen molar-refractivity contribution in [3.63, 3.8) is 0 Å². The van der Waals surface area contributed by atoms with E-state index in [9.17, 15) is 9.59 Å². The number of hydrogen-bond acceptors (Lipinski definition) is 4. The lowest BCUT2D eigenvalue weighted by Gasteiger charge is -2.28. The van der Waals surface area contributed by atoms with E-state index in [1.165, 1.54) is 7.05 Å². The third kappa shape index (κ3) is 2.44. The zero-order valence-corrected chi connectivity index (χ0v) is 8.78. The van der Waals surface area contributed by atoms with E-state index in [0.29, 0.717) is 18.8 Å². The molecule has 1 saturated heterocycles. The summed E-state index contributed by atoms with van der Waals surface area (Å²) < 4.78 is 0. The van der Waals surface area contributed by atoms with Gasteiger partial charge in [0.1, 0.15) is 6.04 Å². The largest absolute Gasteiger partial charge is 0.344 e. The van der Waals surface area contributed by atoms with E-state index < -0.39 is 6.04 Å². The van der Waals surface area contributed by atoms with Crippen LogP contribution in [0.3, 0.4) is 0 Å². The van der Waals surface area contributed by atoms with Crippen molar-refractivity contribution in [2.75, 3.05) is 14.1 Å². The molecule has 0 spiro atoms. The van der Waals surface area contributed by atoms with Crippen molar-refractivity contribution < 1.29 is 9.59 Å². The van der Waals surface area contributed by atoms with Gasteiger partial charge in [-0.25, -0.2) is 5.84 Å². The van der Waals surface area contributed by atoms with Crippen LogP contribution in [0.2, 0.25) is 0 Å². The van der Waals surface area contributed by atoms with Gasteiger partial charge in [-0.2, -0.15) is 0 Å². The molecular formula is C8H15N5O2. The first-order valence-electron chi connectivity index (χ1n) is 4.60. The Morgan fingerprint density at radius 2 is 2.27 bits per heavy atom. The van der Waals surface area contributed by atoms with Gasteiger partial charge in [0.2, 0.25) is 11.9 Å². The Labute approximate surface area is 87.7 Å². The molecule has 0 bridgehead atoms. The van der Waals surface area contributed by atoms with E-state index in [1.54, 1.807) is 7.05 Å². The maximum Gasteiger partial charge on any atom is 0.251 e. The molecule has 0 saturated carbocycles. The molecule has 1 heterocycles. The lowest BCUT2D eigenvalue weighted by atomic mass is 10.1. The predicted molar refractivity (Wildman–Crippen MR) is 54.6 cm³/mol. The van der Waals surface area contributed by atoms with Gasteiger partial charge in [0.15, 0.2) is 0 Å². The average Bonchev–Trinajstić information content (AvgIpc) is 2.25. The number of hydrogen-bond donors (Lipinski definition) is 3. The van der Waals surface area contributed by atoms with Crippen molar-refractivity contribution in [3.05, 3.63) is 0 Å². The topological polar surface area (TPSA) is 99.8 Å². The van der Waals surface area contributed by atoms with Crippen LogP contribution in [0.15, 0.2) is 4.99 Å². The second-order valence-electron chi connectivity index (χ2n) is 3.24. The number of nitrogens with zero attached hydrogens (tertiary/aromatic N) is 2. The van der Waals surface area contributed by atoms with Gasteiger partial charge >= 0.3 is 0 Å². The first kappa shape index (κ1) is 11.4. The fourth-order valence-corrected chi connectivity index (χ4v) is 1.39. The van der Waals surface area contributed by atoms with Crippen molar-refractivity contribution in [1.29, 1.82) is 0 Å². The number of likely N-dealkylation sites (N-methyl/N-ethyl adjacent to an activating group) is 1. The molecule has 7 heteroatoms. The second kappa shape index (κ2) is 4.74. The zero-order chi connectivity index (χ0) is 11.4. The van der Waals surface area contributed by atoms with Crippen LogP contribution in [0.4, 0.5) is 0 Å². The highest BCUT2D eigenvalue weighted by atomic mass is 16.2. The summed E-state index contributed by atoms with van der Waals surface area (Å²) >= 11 is 0. The molecule has 7 nitrogen and oxygen atoms in total. The summed E-state index contributed by atoms with van der Waals surface area (Å²) in [5.74, 6) is 5.08. The number of amides is 2. The molecule has 0 aliphatic carbocycles. The number of guanidine groups is 1. The molecule has 1 rings (SSSR count). The number of carbonyl (C=O) groups excluding carboxylic acids is 2. The third-order valence-corrected chi connectivity index (χ3v) is 2.32. The molecule has 4 N–H and O–H groups in total. The number of aliphatic imine (C=N–C) groups is 1. The highest BCUT2D eigenvalue weighted by Gasteiger charge is 2.31. The van der Waals surface area contributed by atoms with Crippen LogP contribution >= 0.6 is 0 Å². The van der Waals surface area contributed by atoms with E-state index in [-0.39, 0.29) is 11.8 Å². The average molecular weight is 213 g/mol. The number of carbonyl (C=O) groups is 2. The monoisotopic (exact) mass is 213 g/mol. The van der Waals surface area contributed by atoms with Gasteiger partial charge in [-0.3, -0.25) is 24.9 Å². The first-order valence-corrected chi connectivity index (χ1v) is 4.60.